The molecular formula is C11H16N2O5. The minimum Gasteiger partial charge on any atom is -0.479 e. The van der Waals surface area contributed by atoms with Crippen molar-refractivity contribution in [1.29, 1.82) is 0 Å². The molecule has 0 aliphatic rings. The van der Waals surface area contributed by atoms with Gasteiger partial charge in [0.2, 0.25) is 0 Å². The number of alkyl carbamates (subject to hydrolysis) is 1. The van der Waals surface area contributed by atoms with Crippen LogP contribution in [0.5, 0.6) is 0 Å². The van der Waals surface area contributed by atoms with E-state index in [9.17, 15) is 9.59 Å². The number of carboxylic acids is 1. The van der Waals surface area contributed by atoms with Gasteiger partial charge in [0, 0.05) is 6.07 Å². The number of carbonyl (C=O) groups is 2. The second kappa shape index (κ2) is 5.07. The van der Waals surface area contributed by atoms with E-state index in [0.29, 0.717) is 5.69 Å². The second-order valence-electron chi connectivity index (χ2n) is 4.79. The lowest BCUT2D eigenvalue weighted by atomic mass is 10.2. The normalized spacial score (nSPS) is 12.9. The molecule has 7 heteroatoms. The lowest BCUT2D eigenvalue weighted by Crippen LogP contribution is -2.37. The van der Waals surface area contributed by atoms with E-state index in [1.54, 1.807) is 27.7 Å². The summed E-state index contributed by atoms with van der Waals surface area (Å²) < 4.78 is 9.79. The fourth-order valence-electron chi connectivity index (χ4n) is 1.20. The number of hydrogen-bond donors (Lipinski definition) is 2. The highest BCUT2D eigenvalue weighted by atomic mass is 16.6. The lowest BCUT2D eigenvalue weighted by Gasteiger charge is -2.21. The van der Waals surface area contributed by atoms with Crippen molar-refractivity contribution in [2.75, 3.05) is 0 Å². The van der Waals surface area contributed by atoms with Crippen LogP contribution < -0.4 is 5.32 Å². The van der Waals surface area contributed by atoms with Crippen LogP contribution in [0.1, 0.15) is 38.3 Å². The topological polar surface area (TPSA) is 102 Å². The van der Waals surface area contributed by atoms with E-state index >= 15 is 0 Å². The Morgan fingerprint density at radius 3 is 2.50 bits per heavy atom. The molecular weight excluding hydrogens is 240 g/mol. The molecule has 7 nitrogen and oxygen atoms in total. The van der Waals surface area contributed by atoms with Crippen LogP contribution >= 0.6 is 0 Å². The first kappa shape index (κ1) is 14.0. The zero-order chi connectivity index (χ0) is 13.9. The van der Waals surface area contributed by atoms with Gasteiger partial charge in [-0.1, -0.05) is 5.16 Å². The molecule has 18 heavy (non-hydrogen) atoms. The van der Waals surface area contributed by atoms with E-state index in [4.69, 9.17) is 14.4 Å². The number of nitrogens with zero attached hydrogens (tertiary/aromatic N) is 1. The average molecular weight is 256 g/mol. The Bertz CT molecular complexity index is 447. The van der Waals surface area contributed by atoms with Crippen LogP contribution in [0.2, 0.25) is 0 Å². The summed E-state index contributed by atoms with van der Waals surface area (Å²) in [5.41, 5.74) is -0.174. The first-order valence-electron chi connectivity index (χ1n) is 5.34. The van der Waals surface area contributed by atoms with Crippen molar-refractivity contribution in [1.82, 2.24) is 10.5 Å². The van der Waals surface area contributed by atoms with Crippen LogP contribution in [0.3, 0.4) is 0 Å². The van der Waals surface area contributed by atoms with Crippen LogP contribution in [0.4, 0.5) is 4.79 Å². The maximum absolute atomic E-state index is 11.5. The first-order valence-corrected chi connectivity index (χ1v) is 5.34. The van der Waals surface area contributed by atoms with E-state index in [1.165, 1.54) is 6.07 Å². The molecule has 1 amide bonds. The molecule has 2 N–H and O–H groups in total. The monoisotopic (exact) mass is 256 g/mol. The summed E-state index contributed by atoms with van der Waals surface area (Å²) in [6.45, 7) is 6.70. The van der Waals surface area contributed by atoms with Gasteiger partial charge in [0.25, 0.3) is 0 Å². The molecule has 0 unspecified atom stereocenters. The van der Waals surface area contributed by atoms with Gasteiger partial charge in [-0.3, -0.25) is 0 Å². The molecule has 0 fully saturated rings. The molecule has 1 aromatic rings. The zero-order valence-electron chi connectivity index (χ0n) is 10.7. The van der Waals surface area contributed by atoms with Crippen molar-refractivity contribution in [3.05, 3.63) is 17.5 Å². The molecule has 0 saturated heterocycles. The van der Waals surface area contributed by atoms with Crippen molar-refractivity contribution in [2.24, 2.45) is 0 Å². The summed E-state index contributed by atoms with van der Waals surface area (Å²) in [6.07, 6.45) is -0.830. The summed E-state index contributed by atoms with van der Waals surface area (Å²) in [7, 11) is 0. The third-order valence-electron chi connectivity index (χ3n) is 1.84. The molecule has 1 rings (SSSR count). The van der Waals surface area contributed by atoms with Crippen molar-refractivity contribution >= 4 is 12.1 Å². The SMILES string of the molecule is Cc1cc([C@@H](NC(=O)OC(C)(C)C)C(=O)O)on1. The summed E-state index contributed by atoms with van der Waals surface area (Å²) >= 11 is 0. The third-order valence-corrected chi connectivity index (χ3v) is 1.84. The minimum absolute atomic E-state index is 0.0471. The van der Waals surface area contributed by atoms with E-state index in [1.807, 2.05) is 0 Å². The van der Waals surface area contributed by atoms with Crippen molar-refractivity contribution < 1.29 is 24.0 Å². The van der Waals surface area contributed by atoms with Crippen LogP contribution in [0.25, 0.3) is 0 Å². The summed E-state index contributed by atoms with van der Waals surface area (Å²) in [4.78, 5) is 22.5. The number of amides is 1. The first-order chi connectivity index (χ1) is 8.19. The Labute approximate surface area is 104 Å². The summed E-state index contributed by atoms with van der Waals surface area (Å²) in [5.74, 6) is -1.21. The molecule has 0 aliphatic heterocycles. The molecule has 0 radical (unpaired) electrons. The molecule has 0 saturated carbocycles. The second-order valence-corrected chi connectivity index (χ2v) is 4.79. The molecule has 0 spiro atoms. The van der Waals surface area contributed by atoms with Crippen molar-refractivity contribution in [3.63, 3.8) is 0 Å². The van der Waals surface area contributed by atoms with Gasteiger partial charge in [0.1, 0.15) is 5.60 Å². The van der Waals surface area contributed by atoms with Gasteiger partial charge < -0.3 is 19.7 Å². The highest BCUT2D eigenvalue weighted by molar-refractivity contribution is 5.80. The predicted octanol–water partition coefficient (Wildman–Crippen LogP) is 1.63. The van der Waals surface area contributed by atoms with Gasteiger partial charge >= 0.3 is 12.1 Å². The maximum atomic E-state index is 11.5. The Hall–Kier alpha value is -2.05. The highest BCUT2D eigenvalue weighted by Crippen LogP contribution is 2.15. The lowest BCUT2D eigenvalue weighted by molar-refractivity contribution is -0.140. The molecule has 1 aromatic heterocycles. The van der Waals surface area contributed by atoms with E-state index in [2.05, 4.69) is 10.5 Å². The van der Waals surface area contributed by atoms with Crippen LogP contribution in [0, 0.1) is 6.92 Å². The highest BCUT2D eigenvalue weighted by Gasteiger charge is 2.28. The average Bonchev–Trinajstić information content (AvgIpc) is 2.57. The van der Waals surface area contributed by atoms with Gasteiger partial charge in [-0.25, -0.2) is 9.59 Å². The Morgan fingerprint density at radius 2 is 2.11 bits per heavy atom. The largest absolute Gasteiger partial charge is 0.479 e. The molecule has 1 atom stereocenters. The van der Waals surface area contributed by atoms with Crippen molar-refractivity contribution in [3.8, 4) is 0 Å². The molecule has 0 aliphatic carbocycles. The maximum Gasteiger partial charge on any atom is 0.408 e. The van der Waals surface area contributed by atoms with E-state index < -0.39 is 23.7 Å². The quantitative estimate of drug-likeness (QED) is 0.852. The van der Waals surface area contributed by atoms with Gasteiger partial charge in [0.15, 0.2) is 11.8 Å². The van der Waals surface area contributed by atoms with Gasteiger partial charge in [-0.15, -0.1) is 0 Å². The van der Waals surface area contributed by atoms with Crippen molar-refractivity contribution in [2.45, 2.75) is 39.3 Å². The number of carbonyl (C=O) groups excluding carboxylic acids is 1. The number of aliphatic carboxylic acids is 1. The van der Waals surface area contributed by atoms with Gasteiger partial charge in [-0.05, 0) is 27.7 Å². The predicted molar refractivity (Wildman–Crippen MR) is 61.0 cm³/mol. The Balaban J connectivity index is 2.76. The van der Waals surface area contributed by atoms with Crippen LogP contribution in [0.15, 0.2) is 10.6 Å². The van der Waals surface area contributed by atoms with Gasteiger partial charge in [0.05, 0.1) is 5.69 Å². The number of carboxylic acid groups (broad SMARTS) is 1. The summed E-state index contributed by atoms with van der Waals surface area (Å²) in [6, 6.07) is 0.122. The number of ether oxygens (including phenoxy) is 1. The molecule has 1 heterocycles. The number of nitrogens with one attached hydrogen (secondary N) is 1. The smallest absolute Gasteiger partial charge is 0.408 e. The van der Waals surface area contributed by atoms with Crippen LogP contribution in [-0.2, 0) is 9.53 Å². The van der Waals surface area contributed by atoms with Crippen LogP contribution in [-0.4, -0.2) is 27.9 Å². The summed E-state index contributed by atoms with van der Waals surface area (Å²) in [5, 5.41) is 14.8. The fraction of sp³-hybridized carbons (Fsp3) is 0.545. The Kier molecular flexibility index (Phi) is 3.95. The third kappa shape index (κ3) is 4.08. The minimum atomic E-state index is -1.32. The number of aromatic nitrogens is 1. The van der Waals surface area contributed by atoms with E-state index in [0.717, 1.165) is 0 Å². The molecule has 0 bridgehead atoms. The fourth-order valence-corrected chi connectivity index (χ4v) is 1.20. The molecule has 100 valence electrons. The number of rotatable bonds is 3. The standard InChI is InChI=1S/C11H16N2O5/c1-6-5-7(18-13-6)8(9(14)15)12-10(16)17-11(2,3)4/h5,8H,1-4H3,(H,12,16)(H,14,15)/t8-/m1/s1. The van der Waals surface area contributed by atoms with E-state index in [-0.39, 0.29) is 5.76 Å². The van der Waals surface area contributed by atoms with Gasteiger partial charge in [-0.2, -0.15) is 0 Å². The zero-order valence-corrected chi connectivity index (χ0v) is 10.7. The number of aryl methyl sites for hydroxylation is 1. The Morgan fingerprint density at radius 1 is 1.50 bits per heavy atom. The number of hydrogen-bond acceptors (Lipinski definition) is 5. The molecule has 0 aromatic carbocycles.